The maximum absolute atomic E-state index is 9.54. The van der Waals surface area contributed by atoms with Crippen LogP contribution in [0.3, 0.4) is 0 Å². The monoisotopic (exact) mass is 242 g/mol. The molecule has 0 radical (unpaired) electrons. The van der Waals surface area contributed by atoms with Crippen LogP contribution in [0.2, 0.25) is 0 Å². The fraction of sp³-hybridized carbons (Fsp3) is 1.00. The zero-order chi connectivity index (χ0) is 12.3. The van der Waals surface area contributed by atoms with Gasteiger partial charge in [-0.2, -0.15) is 0 Å². The average molecular weight is 242 g/mol. The first-order valence-corrected chi connectivity index (χ1v) is 6.97. The highest BCUT2D eigenvalue weighted by Crippen LogP contribution is 2.42. The third-order valence-electron chi connectivity index (χ3n) is 4.94. The molecule has 1 N–H and O–H groups in total. The van der Waals surface area contributed by atoms with Gasteiger partial charge < -0.3 is 14.6 Å². The second kappa shape index (κ2) is 5.68. The van der Waals surface area contributed by atoms with E-state index in [2.05, 4.69) is 0 Å². The minimum Gasteiger partial charge on any atom is -0.393 e. The fourth-order valence-corrected chi connectivity index (χ4v) is 3.62. The molecule has 0 aromatic rings. The number of aliphatic hydroxyl groups is 1. The summed E-state index contributed by atoms with van der Waals surface area (Å²) in [5.74, 6) is 1.33. The second-order valence-electron chi connectivity index (χ2n) is 5.72. The minimum absolute atomic E-state index is 0.0353. The second-order valence-corrected chi connectivity index (χ2v) is 5.72. The molecule has 0 spiro atoms. The van der Waals surface area contributed by atoms with Gasteiger partial charge in [0.2, 0.25) is 0 Å². The van der Waals surface area contributed by atoms with Crippen LogP contribution in [-0.4, -0.2) is 31.2 Å². The molecule has 0 atom stereocenters. The van der Waals surface area contributed by atoms with Crippen LogP contribution in [0.15, 0.2) is 0 Å². The van der Waals surface area contributed by atoms with Crippen molar-refractivity contribution in [2.75, 3.05) is 14.2 Å². The van der Waals surface area contributed by atoms with E-state index in [4.69, 9.17) is 9.47 Å². The molecule has 0 aliphatic heterocycles. The van der Waals surface area contributed by atoms with Crippen molar-refractivity contribution in [1.29, 1.82) is 0 Å². The van der Waals surface area contributed by atoms with Crippen LogP contribution in [0.1, 0.15) is 51.4 Å². The van der Waals surface area contributed by atoms with E-state index < -0.39 is 0 Å². The molecule has 0 amide bonds. The molecule has 2 saturated carbocycles. The molecule has 2 aliphatic rings. The molecule has 0 unspecified atom stereocenters. The van der Waals surface area contributed by atoms with E-state index in [1.807, 2.05) is 0 Å². The topological polar surface area (TPSA) is 38.7 Å². The largest absolute Gasteiger partial charge is 0.393 e. The fourth-order valence-electron chi connectivity index (χ4n) is 3.62. The summed E-state index contributed by atoms with van der Waals surface area (Å²) in [6, 6.07) is 0. The summed E-state index contributed by atoms with van der Waals surface area (Å²) in [6.45, 7) is 0. The van der Waals surface area contributed by atoms with E-state index >= 15 is 0 Å². The Morgan fingerprint density at radius 3 is 1.76 bits per heavy atom. The molecule has 0 aromatic carbocycles. The van der Waals surface area contributed by atoms with Crippen LogP contribution in [0.25, 0.3) is 0 Å². The zero-order valence-corrected chi connectivity index (χ0v) is 11.2. The van der Waals surface area contributed by atoms with Gasteiger partial charge in [-0.25, -0.2) is 0 Å². The van der Waals surface area contributed by atoms with Crippen molar-refractivity contribution in [3.05, 3.63) is 0 Å². The molecule has 2 rings (SSSR count). The molecule has 0 aromatic heterocycles. The van der Waals surface area contributed by atoms with Crippen LogP contribution < -0.4 is 0 Å². The molecule has 17 heavy (non-hydrogen) atoms. The Morgan fingerprint density at radius 1 is 0.824 bits per heavy atom. The van der Waals surface area contributed by atoms with Gasteiger partial charge in [-0.05, 0) is 50.4 Å². The first-order chi connectivity index (χ1) is 8.19. The van der Waals surface area contributed by atoms with E-state index in [-0.39, 0.29) is 11.9 Å². The number of hydrogen-bond donors (Lipinski definition) is 1. The number of hydrogen-bond acceptors (Lipinski definition) is 3. The highest BCUT2D eigenvalue weighted by molar-refractivity contribution is 4.85. The lowest BCUT2D eigenvalue weighted by Crippen LogP contribution is -2.40. The summed E-state index contributed by atoms with van der Waals surface area (Å²) in [4.78, 5) is 0. The number of ether oxygens (including phenoxy) is 2. The van der Waals surface area contributed by atoms with Crippen molar-refractivity contribution in [3.8, 4) is 0 Å². The van der Waals surface area contributed by atoms with Gasteiger partial charge in [0.15, 0.2) is 5.79 Å². The van der Waals surface area contributed by atoms with Gasteiger partial charge in [0.25, 0.3) is 0 Å². The van der Waals surface area contributed by atoms with Gasteiger partial charge in [-0.3, -0.25) is 0 Å². The Labute approximate surface area is 104 Å². The molecule has 100 valence electrons. The Bertz CT molecular complexity index is 220. The van der Waals surface area contributed by atoms with Crippen LogP contribution in [0, 0.1) is 11.8 Å². The quantitative estimate of drug-likeness (QED) is 0.773. The smallest absolute Gasteiger partial charge is 0.167 e. The molecule has 3 nitrogen and oxygen atoms in total. The first kappa shape index (κ1) is 13.3. The highest BCUT2D eigenvalue weighted by Gasteiger charge is 2.38. The number of aliphatic hydroxyl groups excluding tert-OH is 1. The highest BCUT2D eigenvalue weighted by atomic mass is 16.7. The Morgan fingerprint density at radius 2 is 1.29 bits per heavy atom. The SMILES string of the molecule is COC1(OC)CCC(C2CCC(O)CC2)CC1. The summed E-state index contributed by atoms with van der Waals surface area (Å²) in [7, 11) is 3.50. The van der Waals surface area contributed by atoms with Crippen LogP contribution in [-0.2, 0) is 9.47 Å². The summed E-state index contributed by atoms with van der Waals surface area (Å²) >= 11 is 0. The number of methoxy groups -OCH3 is 2. The third kappa shape index (κ3) is 3.01. The van der Waals surface area contributed by atoms with Crippen molar-refractivity contribution < 1.29 is 14.6 Å². The maximum atomic E-state index is 9.54. The van der Waals surface area contributed by atoms with Gasteiger partial charge in [0.05, 0.1) is 6.10 Å². The Kier molecular flexibility index (Phi) is 4.45. The van der Waals surface area contributed by atoms with Crippen LogP contribution >= 0.6 is 0 Å². The molecule has 3 heteroatoms. The molecular weight excluding hydrogens is 216 g/mol. The number of rotatable bonds is 3. The van der Waals surface area contributed by atoms with Gasteiger partial charge in [-0.1, -0.05) is 0 Å². The van der Waals surface area contributed by atoms with Gasteiger partial charge in [0.1, 0.15) is 0 Å². The van der Waals surface area contributed by atoms with E-state index in [0.717, 1.165) is 37.5 Å². The summed E-state index contributed by atoms with van der Waals surface area (Å²) < 4.78 is 11.0. The summed E-state index contributed by atoms with van der Waals surface area (Å²) in [5, 5.41) is 9.54. The molecule has 2 aliphatic carbocycles. The Balaban J connectivity index is 1.82. The molecule has 2 fully saturated rings. The maximum Gasteiger partial charge on any atom is 0.167 e. The predicted octanol–water partition coefficient (Wildman–Crippen LogP) is 2.72. The third-order valence-corrected chi connectivity index (χ3v) is 4.94. The zero-order valence-electron chi connectivity index (χ0n) is 11.2. The molecule has 0 bridgehead atoms. The van der Waals surface area contributed by atoms with Gasteiger partial charge in [0, 0.05) is 27.1 Å². The van der Waals surface area contributed by atoms with Crippen molar-refractivity contribution >= 4 is 0 Å². The molecular formula is C14H26O3. The van der Waals surface area contributed by atoms with Crippen molar-refractivity contribution in [2.24, 2.45) is 11.8 Å². The van der Waals surface area contributed by atoms with Crippen molar-refractivity contribution in [3.63, 3.8) is 0 Å². The van der Waals surface area contributed by atoms with E-state index in [0.29, 0.717) is 0 Å². The lowest BCUT2D eigenvalue weighted by atomic mass is 9.71. The van der Waals surface area contributed by atoms with Gasteiger partial charge in [-0.15, -0.1) is 0 Å². The van der Waals surface area contributed by atoms with E-state index in [1.54, 1.807) is 14.2 Å². The first-order valence-electron chi connectivity index (χ1n) is 6.97. The summed E-state index contributed by atoms with van der Waals surface area (Å²) in [5.41, 5.74) is 0. The van der Waals surface area contributed by atoms with Crippen LogP contribution in [0.5, 0.6) is 0 Å². The van der Waals surface area contributed by atoms with Crippen LogP contribution in [0.4, 0.5) is 0 Å². The lowest BCUT2D eigenvalue weighted by molar-refractivity contribution is -0.229. The normalized spacial score (nSPS) is 34.8. The Hall–Kier alpha value is -0.120. The molecule has 0 saturated heterocycles. The predicted molar refractivity (Wildman–Crippen MR) is 66.7 cm³/mol. The molecule has 0 heterocycles. The van der Waals surface area contributed by atoms with Gasteiger partial charge >= 0.3 is 0 Å². The average Bonchev–Trinajstić information content (AvgIpc) is 2.40. The summed E-state index contributed by atoms with van der Waals surface area (Å²) in [6.07, 6.45) is 8.84. The minimum atomic E-state index is -0.315. The lowest BCUT2D eigenvalue weighted by Gasteiger charge is -2.41. The van der Waals surface area contributed by atoms with E-state index in [1.165, 1.54) is 25.7 Å². The van der Waals surface area contributed by atoms with Crippen molar-refractivity contribution in [2.45, 2.75) is 63.3 Å². The van der Waals surface area contributed by atoms with E-state index in [9.17, 15) is 5.11 Å². The van der Waals surface area contributed by atoms with Crippen molar-refractivity contribution in [1.82, 2.24) is 0 Å². The standard InChI is InChI=1S/C14H26O3/c1-16-14(17-2)9-7-12(8-10-14)11-3-5-13(15)6-4-11/h11-13,15H,3-10H2,1-2H3.